The molecule has 0 aliphatic heterocycles. The Balaban J connectivity index is 1.83. The second kappa shape index (κ2) is 5.36. The molecule has 1 aromatic heterocycles. The number of benzene rings is 1. The molecule has 3 rings (SSSR count). The number of carbonyl (C=O) groups is 2. The maximum absolute atomic E-state index is 12.0. The molecular weight excluding hydrogens is 268 g/mol. The van der Waals surface area contributed by atoms with E-state index in [2.05, 4.69) is 10.3 Å². The molecule has 2 N–H and O–H groups in total. The number of nitrogens with one attached hydrogen (secondary N) is 2. The Morgan fingerprint density at radius 1 is 1.05 bits per heavy atom. The number of amides is 2. The SMILES string of the molecule is O=C(NC(=O)C1CC1)c1ccc(-c2ccccc2)[nH]c1=O. The molecule has 1 heterocycles. The van der Waals surface area contributed by atoms with Gasteiger partial charge in [-0.05, 0) is 30.5 Å². The zero-order valence-electron chi connectivity index (χ0n) is 11.3. The Morgan fingerprint density at radius 2 is 1.76 bits per heavy atom. The number of hydrogen-bond donors (Lipinski definition) is 2. The quantitative estimate of drug-likeness (QED) is 0.841. The van der Waals surface area contributed by atoms with Gasteiger partial charge in [0.2, 0.25) is 5.91 Å². The third kappa shape index (κ3) is 2.91. The van der Waals surface area contributed by atoms with Gasteiger partial charge in [-0.2, -0.15) is 0 Å². The van der Waals surface area contributed by atoms with E-state index in [-0.39, 0.29) is 17.4 Å². The summed E-state index contributed by atoms with van der Waals surface area (Å²) in [6.07, 6.45) is 1.62. The van der Waals surface area contributed by atoms with Crippen molar-refractivity contribution < 1.29 is 9.59 Å². The summed E-state index contributed by atoms with van der Waals surface area (Å²) in [5.41, 5.74) is 0.933. The van der Waals surface area contributed by atoms with E-state index < -0.39 is 11.5 Å². The Bertz CT molecular complexity index is 746. The van der Waals surface area contributed by atoms with Crippen molar-refractivity contribution in [2.24, 2.45) is 5.92 Å². The van der Waals surface area contributed by atoms with Crippen LogP contribution in [-0.4, -0.2) is 16.8 Å². The van der Waals surface area contributed by atoms with E-state index >= 15 is 0 Å². The highest BCUT2D eigenvalue weighted by atomic mass is 16.2. The average molecular weight is 282 g/mol. The average Bonchev–Trinajstić information content (AvgIpc) is 3.32. The Kier molecular flexibility index (Phi) is 3.39. The van der Waals surface area contributed by atoms with Gasteiger partial charge in [-0.15, -0.1) is 0 Å². The lowest BCUT2D eigenvalue weighted by molar-refractivity contribution is -0.121. The van der Waals surface area contributed by atoms with Crippen molar-refractivity contribution in [2.45, 2.75) is 12.8 Å². The number of aromatic amines is 1. The maximum Gasteiger partial charge on any atom is 0.263 e. The lowest BCUT2D eigenvalue weighted by Crippen LogP contribution is -2.35. The minimum atomic E-state index is -0.646. The zero-order chi connectivity index (χ0) is 14.8. The number of H-pyrrole nitrogens is 1. The van der Waals surface area contributed by atoms with Crippen molar-refractivity contribution in [3.63, 3.8) is 0 Å². The van der Waals surface area contributed by atoms with E-state index in [1.165, 1.54) is 6.07 Å². The van der Waals surface area contributed by atoms with Crippen LogP contribution in [0.2, 0.25) is 0 Å². The van der Waals surface area contributed by atoms with Gasteiger partial charge in [-0.25, -0.2) is 0 Å². The van der Waals surface area contributed by atoms with Crippen molar-refractivity contribution >= 4 is 11.8 Å². The van der Waals surface area contributed by atoms with Crippen LogP contribution in [0.5, 0.6) is 0 Å². The number of hydrogen-bond acceptors (Lipinski definition) is 3. The lowest BCUT2D eigenvalue weighted by Gasteiger charge is -2.05. The zero-order valence-corrected chi connectivity index (χ0v) is 11.3. The van der Waals surface area contributed by atoms with Crippen LogP contribution in [0.25, 0.3) is 11.3 Å². The van der Waals surface area contributed by atoms with Crippen LogP contribution in [0.15, 0.2) is 47.3 Å². The molecule has 5 heteroatoms. The van der Waals surface area contributed by atoms with E-state index in [0.717, 1.165) is 18.4 Å². The predicted octanol–water partition coefficient (Wildman–Crippen LogP) is 1.71. The molecule has 0 bridgehead atoms. The molecular formula is C16H14N2O3. The lowest BCUT2D eigenvalue weighted by atomic mass is 10.1. The van der Waals surface area contributed by atoms with Crippen LogP contribution < -0.4 is 10.9 Å². The van der Waals surface area contributed by atoms with Crippen LogP contribution in [0.4, 0.5) is 0 Å². The van der Waals surface area contributed by atoms with Crippen molar-refractivity contribution in [3.05, 3.63) is 58.4 Å². The van der Waals surface area contributed by atoms with Crippen molar-refractivity contribution in [1.82, 2.24) is 10.3 Å². The van der Waals surface area contributed by atoms with E-state index in [4.69, 9.17) is 0 Å². The number of aromatic nitrogens is 1. The first-order valence-corrected chi connectivity index (χ1v) is 6.79. The maximum atomic E-state index is 12.0. The summed E-state index contributed by atoms with van der Waals surface area (Å²) in [5.74, 6) is -1.02. The Morgan fingerprint density at radius 3 is 2.38 bits per heavy atom. The van der Waals surface area contributed by atoms with Crippen LogP contribution in [0.3, 0.4) is 0 Å². The molecule has 21 heavy (non-hydrogen) atoms. The van der Waals surface area contributed by atoms with Crippen molar-refractivity contribution in [3.8, 4) is 11.3 Å². The van der Waals surface area contributed by atoms with Crippen LogP contribution in [0, 0.1) is 5.92 Å². The highest BCUT2D eigenvalue weighted by Gasteiger charge is 2.31. The van der Waals surface area contributed by atoms with Crippen molar-refractivity contribution in [2.75, 3.05) is 0 Å². The first-order valence-electron chi connectivity index (χ1n) is 6.79. The smallest absolute Gasteiger partial charge is 0.263 e. The van der Waals surface area contributed by atoms with Gasteiger partial charge in [0, 0.05) is 11.6 Å². The third-order valence-corrected chi connectivity index (χ3v) is 3.42. The molecule has 0 spiro atoms. The monoisotopic (exact) mass is 282 g/mol. The molecule has 1 aromatic carbocycles. The third-order valence-electron chi connectivity index (χ3n) is 3.42. The minimum absolute atomic E-state index is 0.0521. The van der Waals surface area contributed by atoms with Crippen molar-refractivity contribution in [1.29, 1.82) is 0 Å². The summed E-state index contributed by atoms with van der Waals surface area (Å²) in [7, 11) is 0. The summed E-state index contributed by atoms with van der Waals surface area (Å²) in [6, 6.07) is 12.4. The standard InChI is InChI=1S/C16H14N2O3/c19-14(11-6-7-11)18-16(21)12-8-9-13(17-15(12)20)10-4-2-1-3-5-10/h1-5,8-9,11H,6-7H2,(H,17,20)(H,18,19,21). The van der Waals surface area contributed by atoms with Gasteiger partial charge >= 0.3 is 0 Å². The van der Waals surface area contributed by atoms with Gasteiger partial charge in [0.25, 0.3) is 11.5 Å². The molecule has 2 amide bonds. The van der Waals surface area contributed by atoms with E-state index in [1.807, 2.05) is 30.3 Å². The molecule has 1 aliphatic rings. The fraction of sp³-hybridized carbons (Fsp3) is 0.188. The molecule has 1 fully saturated rings. The molecule has 0 radical (unpaired) electrons. The Labute approximate surface area is 121 Å². The topological polar surface area (TPSA) is 79.0 Å². The normalized spacial score (nSPS) is 13.7. The molecule has 0 unspecified atom stereocenters. The molecule has 0 atom stereocenters. The van der Waals surface area contributed by atoms with Gasteiger partial charge in [0.05, 0.1) is 0 Å². The van der Waals surface area contributed by atoms with Gasteiger partial charge in [-0.1, -0.05) is 30.3 Å². The predicted molar refractivity (Wildman–Crippen MR) is 77.7 cm³/mol. The van der Waals surface area contributed by atoms with E-state index in [0.29, 0.717) is 5.69 Å². The second-order valence-electron chi connectivity index (χ2n) is 5.07. The molecule has 2 aromatic rings. The first kappa shape index (κ1) is 13.3. The number of rotatable bonds is 3. The first-order chi connectivity index (χ1) is 10.1. The van der Waals surface area contributed by atoms with E-state index in [1.54, 1.807) is 6.07 Å². The van der Waals surface area contributed by atoms with Crippen LogP contribution >= 0.6 is 0 Å². The van der Waals surface area contributed by atoms with E-state index in [9.17, 15) is 14.4 Å². The fourth-order valence-electron chi connectivity index (χ4n) is 2.07. The molecule has 5 nitrogen and oxygen atoms in total. The van der Waals surface area contributed by atoms with Gasteiger partial charge < -0.3 is 4.98 Å². The summed E-state index contributed by atoms with van der Waals surface area (Å²) in [6.45, 7) is 0. The van der Waals surface area contributed by atoms with Gasteiger partial charge in [0.1, 0.15) is 5.56 Å². The van der Waals surface area contributed by atoms with Crippen LogP contribution in [0.1, 0.15) is 23.2 Å². The largest absolute Gasteiger partial charge is 0.321 e. The number of pyridine rings is 1. The van der Waals surface area contributed by atoms with Crippen LogP contribution in [-0.2, 0) is 4.79 Å². The Hall–Kier alpha value is -2.69. The molecule has 1 saturated carbocycles. The van der Waals surface area contributed by atoms with Gasteiger partial charge in [0.15, 0.2) is 0 Å². The minimum Gasteiger partial charge on any atom is -0.321 e. The highest BCUT2D eigenvalue weighted by molar-refractivity contribution is 6.05. The fourth-order valence-corrected chi connectivity index (χ4v) is 2.07. The molecule has 0 saturated heterocycles. The number of imide groups is 1. The second-order valence-corrected chi connectivity index (χ2v) is 5.07. The number of carbonyl (C=O) groups excluding carboxylic acids is 2. The molecule has 1 aliphatic carbocycles. The van der Waals surface area contributed by atoms with Gasteiger partial charge in [-0.3, -0.25) is 19.7 Å². The highest BCUT2D eigenvalue weighted by Crippen LogP contribution is 2.28. The summed E-state index contributed by atoms with van der Waals surface area (Å²) >= 11 is 0. The summed E-state index contributed by atoms with van der Waals surface area (Å²) < 4.78 is 0. The summed E-state index contributed by atoms with van der Waals surface area (Å²) in [4.78, 5) is 38.1. The molecule has 106 valence electrons. The summed E-state index contributed by atoms with van der Waals surface area (Å²) in [5, 5.41) is 2.26.